The van der Waals surface area contributed by atoms with E-state index in [9.17, 15) is 26.3 Å². The van der Waals surface area contributed by atoms with Gasteiger partial charge in [0.2, 0.25) is 0 Å². The van der Waals surface area contributed by atoms with Gasteiger partial charge in [0, 0.05) is 18.1 Å². The van der Waals surface area contributed by atoms with Crippen LogP contribution < -0.4 is 5.73 Å². The number of benzene rings is 1. The zero-order chi connectivity index (χ0) is 16.6. The molecule has 0 spiro atoms. The second-order valence-electron chi connectivity index (χ2n) is 5.42. The lowest BCUT2D eigenvalue weighted by atomic mass is 9.80. The third-order valence-corrected chi connectivity index (χ3v) is 3.27. The van der Waals surface area contributed by atoms with Crippen molar-refractivity contribution in [3.63, 3.8) is 0 Å². The van der Waals surface area contributed by atoms with E-state index in [4.69, 9.17) is 10.8 Å². The van der Waals surface area contributed by atoms with Crippen molar-refractivity contribution in [1.82, 2.24) is 0 Å². The molecule has 0 aromatic heterocycles. The van der Waals surface area contributed by atoms with Crippen LogP contribution >= 0.6 is 12.4 Å². The number of aliphatic hydroxyl groups excluding tert-OH is 1. The minimum Gasteiger partial charge on any atom is -0.396 e. The lowest BCUT2D eigenvalue weighted by molar-refractivity contribution is -0.143. The maximum Gasteiger partial charge on any atom is 0.416 e. The number of hydrogen-bond acceptors (Lipinski definition) is 2. The van der Waals surface area contributed by atoms with Gasteiger partial charge < -0.3 is 10.8 Å². The van der Waals surface area contributed by atoms with E-state index < -0.39 is 47.1 Å². The Kier molecular flexibility index (Phi) is 6.34. The Labute approximate surface area is 129 Å². The van der Waals surface area contributed by atoms with Crippen LogP contribution in [0.5, 0.6) is 0 Å². The van der Waals surface area contributed by atoms with Crippen LogP contribution in [0, 0.1) is 5.41 Å². The van der Waals surface area contributed by atoms with Crippen LogP contribution in [0.3, 0.4) is 0 Å². The molecule has 22 heavy (non-hydrogen) atoms. The van der Waals surface area contributed by atoms with Crippen molar-refractivity contribution in [3.8, 4) is 0 Å². The molecular formula is C13H16ClF6NO. The van der Waals surface area contributed by atoms with Gasteiger partial charge in [-0.1, -0.05) is 19.9 Å². The molecule has 2 nitrogen and oxygen atoms in total. The van der Waals surface area contributed by atoms with Gasteiger partial charge in [0.15, 0.2) is 0 Å². The summed E-state index contributed by atoms with van der Waals surface area (Å²) in [5.41, 5.74) is 1.28. The fraction of sp³-hybridized carbons (Fsp3) is 0.538. The van der Waals surface area contributed by atoms with Gasteiger partial charge in [-0.05, 0) is 17.7 Å². The standard InChI is InChI=1S/C13H15F6NO.ClH/c1-11(2,6-21)10(20)8-4-3-7(12(14,15)16)5-9(8)13(17,18)19;/h3-5,10,21H,6,20H2,1-2H3;1H/t10-;/m0./s1. The summed E-state index contributed by atoms with van der Waals surface area (Å²) in [6, 6.07) is 0.0512. The molecule has 0 amide bonds. The van der Waals surface area contributed by atoms with Gasteiger partial charge in [-0.15, -0.1) is 12.4 Å². The van der Waals surface area contributed by atoms with E-state index in [1.54, 1.807) is 0 Å². The average molecular weight is 352 g/mol. The molecule has 0 unspecified atom stereocenters. The molecule has 3 N–H and O–H groups in total. The summed E-state index contributed by atoms with van der Waals surface area (Å²) in [6.07, 6.45) is -9.85. The van der Waals surface area contributed by atoms with Crippen LogP contribution in [0.1, 0.15) is 36.6 Å². The molecule has 128 valence electrons. The second kappa shape index (κ2) is 6.64. The van der Waals surface area contributed by atoms with Gasteiger partial charge in [-0.2, -0.15) is 26.3 Å². The van der Waals surface area contributed by atoms with Gasteiger partial charge in [-0.3, -0.25) is 0 Å². The Hall–Kier alpha value is -0.990. The van der Waals surface area contributed by atoms with Crippen LogP contribution in [0.25, 0.3) is 0 Å². The molecule has 0 fully saturated rings. The molecule has 1 aromatic rings. The fourth-order valence-electron chi connectivity index (χ4n) is 1.77. The first-order valence-electron chi connectivity index (χ1n) is 5.95. The van der Waals surface area contributed by atoms with Crippen molar-refractivity contribution in [1.29, 1.82) is 0 Å². The molecule has 0 saturated heterocycles. The van der Waals surface area contributed by atoms with Crippen molar-refractivity contribution in [3.05, 3.63) is 34.9 Å². The van der Waals surface area contributed by atoms with E-state index in [1.165, 1.54) is 13.8 Å². The monoisotopic (exact) mass is 351 g/mol. The predicted octanol–water partition coefficient (Wildman–Crippen LogP) is 4.16. The summed E-state index contributed by atoms with van der Waals surface area (Å²) < 4.78 is 76.6. The second-order valence-corrected chi connectivity index (χ2v) is 5.42. The van der Waals surface area contributed by atoms with Gasteiger partial charge in [0.05, 0.1) is 11.1 Å². The summed E-state index contributed by atoms with van der Waals surface area (Å²) in [5.74, 6) is 0. The highest BCUT2D eigenvalue weighted by Gasteiger charge is 2.41. The molecule has 0 aliphatic carbocycles. The van der Waals surface area contributed by atoms with Gasteiger partial charge in [0.25, 0.3) is 0 Å². The Balaban J connectivity index is 0.00000441. The van der Waals surface area contributed by atoms with Crippen LogP contribution in [-0.2, 0) is 12.4 Å². The highest BCUT2D eigenvalue weighted by Crippen LogP contribution is 2.42. The molecular weight excluding hydrogens is 336 g/mol. The molecule has 1 atom stereocenters. The van der Waals surface area contributed by atoms with E-state index in [1.807, 2.05) is 0 Å². The first-order chi connectivity index (χ1) is 9.30. The normalized spacial score (nSPS) is 14.5. The highest BCUT2D eigenvalue weighted by molar-refractivity contribution is 5.85. The van der Waals surface area contributed by atoms with Crippen molar-refractivity contribution in [2.45, 2.75) is 32.2 Å². The number of halogens is 7. The van der Waals surface area contributed by atoms with Crippen molar-refractivity contribution >= 4 is 12.4 Å². The number of alkyl halides is 6. The SMILES string of the molecule is CC(C)(CO)[C@@H](N)c1ccc(C(F)(F)F)cc1C(F)(F)F.Cl. The minimum absolute atomic E-state index is 0. The zero-order valence-corrected chi connectivity index (χ0v) is 12.5. The number of hydrogen-bond donors (Lipinski definition) is 2. The van der Waals surface area contributed by atoms with E-state index in [-0.39, 0.29) is 18.5 Å². The quantitative estimate of drug-likeness (QED) is 0.803. The molecule has 1 rings (SSSR count). The van der Waals surface area contributed by atoms with Crippen molar-refractivity contribution in [2.75, 3.05) is 6.61 Å². The maximum atomic E-state index is 13.0. The molecule has 0 heterocycles. The van der Waals surface area contributed by atoms with Crippen LogP contribution in [-0.4, -0.2) is 11.7 Å². The molecule has 9 heteroatoms. The molecule has 0 aliphatic rings. The van der Waals surface area contributed by atoms with Crippen molar-refractivity contribution in [2.24, 2.45) is 11.1 Å². The summed E-state index contributed by atoms with van der Waals surface area (Å²) in [7, 11) is 0. The molecule has 0 bridgehead atoms. The largest absolute Gasteiger partial charge is 0.416 e. The lowest BCUT2D eigenvalue weighted by Gasteiger charge is -2.31. The van der Waals surface area contributed by atoms with E-state index in [2.05, 4.69) is 0 Å². The maximum absolute atomic E-state index is 13.0. The van der Waals surface area contributed by atoms with Gasteiger partial charge in [-0.25, -0.2) is 0 Å². The third kappa shape index (κ3) is 4.50. The fourth-order valence-corrected chi connectivity index (χ4v) is 1.77. The van der Waals surface area contributed by atoms with Gasteiger partial charge in [0.1, 0.15) is 0 Å². The van der Waals surface area contributed by atoms with E-state index in [0.717, 1.165) is 0 Å². The average Bonchev–Trinajstić information content (AvgIpc) is 2.35. The molecule has 1 aromatic carbocycles. The first kappa shape index (κ1) is 21.0. The molecule has 0 radical (unpaired) electrons. The topological polar surface area (TPSA) is 46.2 Å². The summed E-state index contributed by atoms with van der Waals surface area (Å²) >= 11 is 0. The van der Waals surface area contributed by atoms with Crippen LogP contribution in [0.15, 0.2) is 18.2 Å². The Morgan fingerprint density at radius 1 is 1.05 bits per heavy atom. The van der Waals surface area contributed by atoms with E-state index >= 15 is 0 Å². The number of nitrogens with two attached hydrogens (primary N) is 1. The van der Waals surface area contributed by atoms with Gasteiger partial charge >= 0.3 is 12.4 Å². The summed E-state index contributed by atoms with van der Waals surface area (Å²) in [6.45, 7) is 2.34. The van der Waals surface area contributed by atoms with Crippen molar-refractivity contribution < 1.29 is 31.4 Å². The van der Waals surface area contributed by atoms with Crippen LogP contribution in [0.4, 0.5) is 26.3 Å². The Bertz CT molecular complexity index is 512. The Morgan fingerprint density at radius 2 is 1.55 bits per heavy atom. The third-order valence-electron chi connectivity index (χ3n) is 3.27. The number of aliphatic hydroxyl groups is 1. The van der Waals surface area contributed by atoms with E-state index in [0.29, 0.717) is 12.1 Å². The molecule has 0 saturated carbocycles. The van der Waals surface area contributed by atoms with Crippen LogP contribution in [0.2, 0.25) is 0 Å². The zero-order valence-electron chi connectivity index (χ0n) is 11.7. The highest BCUT2D eigenvalue weighted by atomic mass is 35.5. The number of rotatable bonds is 3. The minimum atomic E-state index is -4.97. The first-order valence-corrected chi connectivity index (χ1v) is 5.95. The Morgan fingerprint density at radius 3 is 1.91 bits per heavy atom. The smallest absolute Gasteiger partial charge is 0.396 e. The lowest BCUT2D eigenvalue weighted by Crippen LogP contribution is -2.34. The summed E-state index contributed by atoms with van der Waals surface area (Å²) in [4.78, 5) is 0. The predicted molar refractivity (Wildman–Crippen MR) is 71.5 cm³/mol. The molecule has 0 aliphatic heterocycles. The summed E-state index contributed by atoms with van der Waals surface area (Å²) in [5, 5.41) is 9.16.